The molecule has 0 amide bonds. The Morgan fingerprint density at radius 2 is 0.456 bits per heavy atom. The van der Waals surface area contributed by atoms with Gasteiger partial charge in [0.25, 0.3) is 0 Å². The quantitative estimate of drug-likeness (QED) is 0.0480. The van der Waals surface area contributed by atoms with Gasteiger partial charge in [-0.2, -0.15) is 0 Å². The molecule has 0 rings (SSSR count). The molecule has 0 saturated heterocycles. The van der Waals surface area contributed by atoms with Gasteiger partial charge in [0.1, 0.15) is 6.61 Å². The van der Waals surface area contributed by atoms with E-state index in [1.54, 1.807) is 0 Å². The molecule has 0 saturated carbocycles. The molecule has 0 unspecified atom stereocenters. The number of esters is 1. The highest BCUT2D eigenvalue weighted by Gasteiger charge is 2.01. The van der Waals surface area contributed by atoms with Crippen molar-refractivity contribution in [2.45, 2.75) is 110 Å². The largest absolute Gasteiger partial charge is 0.463 e. The van der Waals surface area contributed by atoms with Crippen molar-refractivity contribution in [3.63, 3.8) is 0 Å². The van der Waals surface area contributed by atoms with Crippen LogP contribution in [0.1, 0.15) is 110 Å². The first-order valence-corrected chi connectivity index (χ1v) is 22.4. The molecular formula is C43H86O14. The average Bonchev–Trinajstić information content (AvgIpc) is 3.21. The fourth-order valence-corrected chi connectivity index (χ4v) is 5.23. The van der Waals surface area contributed by atoms with Crippen LogP contribution in [0.3, 0.4) is 0 Å². The van der Waals surface area contributed by atoms with E-state index in [2.05, 4.69) is 6.92 Å². The first kappa shape index (κ1) is 56.0. The monoisotopic (exact) mass is 827 g/mol. The molecule has 0 heterocycles. The van der Waals surface area contributed by atoms with Gasteiger partial charge in [0, 0.05) is 13.0 Å². The van der Waals surface area contributed by atoms with Crippen LogP contribution in [0.4, 0.5) is 0 Å². The molecule has 0 bridgehead atoms. The van der Waals surface area contributed by atoms with Crippen molar-refractivity contribution >= 4 is 5.97 Å². The molecule has 14 heteroatoms. The van der Waals surface area contributed by atoms with Gasteiger partial charge in [-0.15, -0.1) is 0 Å². The summed E-state index contributed by atoms with van der Waals surface area (Å²) in [7, 11) is 0. The van der Waals surface area contributed by atoms with Gasteiger partial charge >= 0.3 is 5.97 Å². The molecule has 0 aromatic carbocycles. The zero-order chi connectivity index (χ0) is 41.1. The number of hydrogen-bond acceptors (Lipinski definition) is 14. The molecule has 0 fully saturated rings. The molecule has 0 atom stereocenters. The van der Waals surface area contributed by atoms with Gasteiger partial charge in [0.15, 0.2) is 0 Å². The molecule has 0 spiro atoms. The molecule has 0 aromatic rings. The number of hydrogen-bond donors (Lipinski definition) is 0. The van der Waals surface area contributed by atoms with Crippen LogP contribution in [0.5, 0.6) is 0 Å². The van der Waals surface area contributed by atoms with Gasteiger partial charge < -0.3 is 61.6 Å². The van der Waals surface area contributed by atoms with Gasteiger partial charge in [-0.05, 0) is 12.8 Å². The summed E-state index contributed by atoms with van der Waals surface area (Å²) in [6.45, 7) is 17.1. The van der Waals surface area contributed by atoms with E-state index in [-0.39, 0.29) is 12.6 Å². The minimum Gasteiger partial charge on any atom is -0.463 e. The van der Waals surface area contributed by atoms with Gasteiger partial charge in [0.2, 0.25) is 0 Å². The van der Waals surface area contributed by atoms with Crippen molar-refractivity contribution in [1.29, 1.82) is 0 Å². The summed E-state index contributed by atoms with van der Waals surface area (Å²) in [6, 6.07) is 0. The topological polar surface area (TPSA) is 137 Å². The third-order valence-electron chi connectivity index (χ3n) is 8.43. The van der Waals surface area contributed by atoms with Crippen LogP contribution in [0.15, 0.2) is 0 Å². The highest BCUT2D eigenvalue weighted by atomic mass is 16.6. The number of carbonyl (C=O) groups excluding carboxylic acids is 1. The molecule has 0 N–H and O–H groups in total. The van der Waals surface area contributed by atoms with E-state index < -0.39 is 0 Å². The van der Waals surface area contributed by atoms with Crippen molar-refractivity contribution in [3.05, 3.63) is 0 Å². The molecule has 342 valence electrons. The van der Waals surface area contributed by atoms with Crippen LogP contribution in [-0.4, -0.2) is 171 Å². The third-order valence-corrected chi connectivity index (χ3v) is 8.43. The fraction of sp³-hybridized carbons (Fsp3) is 0.977. The normalized spacial score (nSPS) is 11.5. The molecule has 57 heavy (non-hydrogen) atoms. The Bertz CT molecular complexity index is 736. The number of rotatable bonds is 52. The number of unbranched alkanes of at least 4 members (excludes halogenated alkanes) is 12. The standard InChI is InChI=1S/C43H86O14/c1-3-5-6-7-8-9-10-11-12-13-14-15-16-18-45-19-20-46-21-22-47-23-24-48-25-26-49-27-28-50-29-30-51-31-32-52-33-34-53-35-36-54-37-38-55-39-40-56-41-42-57-43(44)17-4-2/h3-42H2,1-2H3. The molecule has 0 radical (unpaired) electrons. The van der Waals surface area contributed by atoms with Crippen LogP contribution >= 0.6 is 0 Å². The Morgan fingerprint density at radius 3 is 0.702 bits per heavy atom. The Kier molecular flexibility index (Phi) is 52.1. The summed E-state index contributed by atoms with van der Waals surface area (Å²) in [5.74, 6) is -0.187. The maximum absolute atomic E-state index is 11.2. The molecule has 0 aliphatic heterocycles. The Morgan fingerprint density at radius 1 is 0.246 bits per heavy atom. The lowest BCUT2D eigenvalue weighted by atomic mass is 10.0. The highest BCUT2D eigenvalue weighted by molar-refractivity contribution is 5.69. The van der Waals surface area contributed by atoms with Gasteiger partial charge in [-0.1, -0.05) is 90.9 Å². The first-order valence-electron chi connectivity index (χ1n) is 22.4. The SMILES string of the molecule is CCCCCCCCCCCCCCCOCCOCCOCCOCCOCCOCCOCCOCCOCCOCCOCCOCCOC(=O)CCC. The zero-order valence-electron chi connectivity index (χ0n) is 36.5. The van der Waals surface area contributed by atoms with Gasteiger partial charge in [-0.3, -0.25) is 4.79 Å². The predicted molar refractivity (Wildman–Crippen MR) is 221 cm³/mol. The molecule has 0 aliphatic rings. The van der Waals surface area contributed by atoms with E-state index in [1.165, 1.54) is 77.0 Å². The van der Waals surface area contributed by atoms with Gasteiger partial charge in [0.05, 0.1) is 152 Å². The summed E-state index contributed by atoms with van der Waals surface area (Å²) in [6.07, 6.45) is 19.0. The molecule has 14 nitrogen and oxygen atoms in total. The number of ether oxygens (including phenoxy) is 13. The maximum Gasteiger partial charge on any atom is 0.305 e. The second kappa shape index (κ2) is 53.0. The van der Waals surface area contributed by atoms with Gasteiger partial charge in [-0.25, -0.2) is 0 Å². The van der Waals surface area contributed by atoms with E-state index in [1.807, 2.05) is 6.92 Å². The van der Waals surface area contributed by atoms with E-state index >= 15 is 0 Å². The summed E-state index contributed by atoms with van der Waals surface area (Å²) in [5.41, 5.74) is 0. The van der Waals surface area contributed by atoms with Crippen LogP contribution < -0.4 is 0 Å². The Balaban J connectivity index is 3.07. The summed E-state index contributed by atoms with van der Waals surface area (Å²) >= 11 is 0. The zero-order valence-corrected chi connectivity index (χ0v) is 36.5. The second-order valence-electron chi connectivity index (χ2n) is 13.6. The first-order chi connectivity index (χ1) is 28.3. The highest BCUT2D eigenvalue weighted by Crippen LogP contribution is 2.12. The van der Waals surface area contributed by atoms with Crippen LogP contribution in [0.25, 0.3) is 0 Å². The molecule has 0 aliphatic carbocycles. The van der Waals surface area contributed by atoms with Crippen molar-refractivity contribution < 1.29 is 66.4 Å². The van der Waals surface area contributed by atoms with E-state index in [0.29, 0.717) is 158 Å². The molecule has 0 aromatic heterocycles. The summed E-state index contributed by atoms with van der Waals surface area (Å²) < 4.78 is 71.1. The minimum absolute atomic E-state index is 0.187. The minimum atomic E-state index is -0.187. The fourth-order valence-electron chi connectivity index (χ4n) is 5.23. The maximum atomic E-state index is 11.2. The predicted octanol–water partition coefficient (Wildman–Crippen LogP) is 6.62. The number of carbonyl (C=O) groups is 1. The van der Waals surface area contributed by atoms with Crippen LogP contribution in [0, 0.1) is 0 Å². The lowest BCUT2D eigenvalue weighted by molar-refractivity contribution is -0.145. The third kappa shape index (κ3) is 53.0. The van der Waals surface area contributed by atoms with Crippen LogP contribution in [-0.2, 0) is 66.4 Å². The van der Waals surface area contributed by atoms with Crippen LogP contribution in [0.2, 0.25) is 0 Å². The summed E-state index contributed by atoms with van der Waals surface area (Å²) in [4.78, 5) is 11.2. The molecular weight excluding hydrogens is 740 g/mol. The smallest absolute Gasteiger partial charge is 0.305 e. The van der Waals surface area contributed by atoms with Crippen molar-refractivity contribution in [1.82, 2.24) is 0 Å². The average molecular weight is 827 g/mol. The lowest BCUT2D eigenvalue weighted by Gasteiger charge is -2.09. The van der Waals surface area contributed by atoms with E-state index in [4.69, 9.17) is 61.6 Å². The van der Waals surface area contributed by atoms with E-state index in [0.717, 1.165) is 19.4 Å². The second-order valence-corrected chi connectivity index (χ2v) is 13.6. The summed E-state index contributed by atoms with van der Waals surface area (Å²) in [5, 5.41) is 0. The van der Waals surface area contributed by atoms with Crippen molar-refractivity contribution in [2.24, 2.45) is 0 Å². The Labute approximate surface area is 347 Å². The van der Waals surface area contributed by atoms with Crippen molar-refractivity contribution in [3.8, 4) is 0 Å². The van der Waals surface area contributed by atoms with Crippen molar-refractivity contribution in [2.75, 3.05) is 165 Å². The lowest BCUT2D eigenvalue weighted by Crippen LogP contribution is -2.15. The van der Waals surface area contributed by atoms with E-state index in [9.17, 15) is 4.79 Å². The Hall–Kier alpha value is -1.01.